The van der Waals surface area contributed by atoms with Crippen LogP contribution >= 0.6 is 0 Å². The lowest BCUT2D eigenvalue weighted by molar-refractivity contribution is 0.0518. The Labute approximate surface area is 133 Å². The van der Waals surface area contributed by atoms with Crippen LogP contribution in [-0.2, 0) is 4.74 Å². The van der Waals surface area contributed by atoms with Crippen molar-refractivity contribution in [3.8, 4) is 0 Å². The fourth-order valence-corrected chi connectivity index (χ4v) is 2.30. The van der Waals surface area contributed by atoms with Gasteiger partial charge in [0.1, 0.15) is 11.3 Å². The predicted octanol–water partition coefficient (Wildman–Crippen LogP) is 3.84. The summed E-state index contributed by atoms with van der Waals surface area (Å²) in [5.41, 5.74) is 0.681. The van der Waals surface area contributed by atoms with Crippen LogP contribution in [0.1, 0.15) is 63.5 Å². The first-order chi connectivity index (χ1) is 10.3. The molecule has 1 aromatic rings. The molecule has 0 saturated carbocycles. The lowest BCUT2D eigenvalue weighted by Gasteiger charge is -2.21. The van der Waals surface area contributed by atoms with E-state index in [-0.39, 0.29) is 5.91 Å². The Hall–Kier alpha value is -1.78. The molecule has 0 unspecified atom stereocenters. The molecule has 0 aromatic carbocycles. The number of aromatic nitrogens is 1. The van der Waals surface area contributed by atoms with E-state index in [1.165, 1.54) is 4.57 Å². The highest BCUT2D eigenvalue weighted by atomic mass is 16.6. The Balaban J connectivity index is 0.00000116. The lowest BCUT2D eigenvalue weighted by Crippen LogP contribution is -2.33. The summed E-state index contributed by atoms with van der Waals surface area (Å²) >= 11 is 0. The minimum Gasteiger partial charge on any atom is -0.443 e. The minimum absolute atomic E-state index is 0.0959. The first kappa shape index (κ1) is 18.3. The molecule has 0 bridgehead atoms. The van der Waals surface area contributed by atoms with Gasteiger partial charge in [-0.3, -0.25) is 4.79 Å². The van der Waals surface area contributed by atoms with Crippen LogP contribution in [0.3, 0.4) is 0 Å². The van der Waals surface area contributed by atoms with Gasteiger partial charge in [-0.15, -0.1) is 0 Å². The predicted molar refractivity (Wildman–Crippen MR) is 87.3 cm³/mol. The van der Waals surface area contributed by atoms with E-state index in [2.05, 4.69) is 0 Å². The first-order valence-electron chi connectivity index (χ1n) is 7.99. The van der Waals surface area contributed by atoms with Crippen molar-refractivity contribution < 1.29 is 14.3 Å². The fourth-order valence-electron chi connectivity index (χ4n) is 2.30. The molecule has 1 fully saturated rings. The van der Waals surface area contributed by atoms with Crippen molar-refractivity contribution in [1.82, 2.24) is 9.47 Å². The molecule has 1 saturated heterocycles. The monoisotopic (exact) mass is 308 g/mol. The number of nitrogens with zero attached hydrogens (tertiary/aromatic N) is 2. The summed E-state index contributed by atoms with van der Waals surface area (Å²) in [4.78, 5) is 26.4. The maximum atomic E-state index is 12.4. The molecular formula is C17H28N2O3. The second-order valence-electron chi connectivity index (χ2n) is 6.25. The summed E-state index contributed by atoms with van der Waals surface area (Å²) in [6, 6.07) is 1.74. The molecule has 1 aliphatic heterocycles. The molecule has 124 valence electrons. The highest BCUT2D eigenvalue weighted by Gasteiger charge is 2.26. The SMILES string of the molecule is CC.Cc1cc(C(=O)N2CCCC2)n(C(=O)OC(C)(C)C)c1. The number of likely N-dealkylation sites (tertiary alicyclic amines) is 1. The van der Waals surface area contributed by atoms with Gasteiger partial charge < -0.3 is 9.64 Å². The zero-order chi connectivity index (χ0) is 16.9. The summed E-state index contributed by atoms with van der Waals surface area (Å²) in [5.74, 6) is -0.0959. The molecule has 2 heterocycles. The molecule has 0 N–H and O–H groups in total. The Bertz CT molecular complexity index is 520. The van der Waals surface area contributed by atoms with Crippen molar-refractivity contribution in [3.05, 3.63) is 23.5 Å². The van der Waals surface area contributed by atoms with Gasteiger partial charge in [-0.25, -0.2) is 9.36 Å². The van der Waals surface area contributed by atoms with E-state index < -0.39 is 11.7 Å². The number of hydrogen-bond donors (Lipinski definition) is 0. The van der Waals surface area contributed by atoms with E-state index in [0.717, 1.165) is 31.5 Å². The Morgan fingerprint density at radius 1 is 1.14 bits per heavy atom. The van der Waals surface area contributed by atoms with Crippen molar-refractivity contribution in [1.29, 1.82) is 0 Å². The third kappa shape index (κ3) is 4.61. The van der Waals surface area contributed by atoms with E-state index >= 15 is 0 Å². The Morgan fingerprint density at radius 3 is 2.18 bits per heavy atom. The van der Waals surface area contributed by atoms with Crippen LogP contribution in [0.5, 0.6) is 0 Å². The van der Waals surface area contributed by atoms with Gasteiger partial charge in [0.05, 0.1) is 0 Å². The van der Waals surface area contributed by atoms with Gasteiger partial charge in [0.25, 0.3) is 5.91 Å². The average Bonchev–Trinajstić information content (AvgIpc) is 3.07. The molecular weight excluding hydrogens is 280 g/mol. The summed E-state index contributed by atoms with van der Waals surface area (Å²) < 4.78 is 6.66. The zero-order valence-electron chi connectivity index (χ0n) is 14.6. The van der Waals surface area contributed by atoms with Crippen LogP contribution in [0.15, 0.2) is 12.3 Å². The molecule has 5 nitrogen and oxygen atoms in total. The molecule has 5 heteroatoms. The average molecular weight is 308 g/mol. The third-order valence-electron chi connectivity index (χ3n) is 3.16. The van der Waals surface area contributed by atoms with Crippen molar-refractivity contribution in [2.24, 2.45) is 0 Å². The molecule has 0 atom stereocenters. The highest BCUT2D eigenvalue weighted by Crippen LogP contribution is 2.17. The number of aryl methyl sites for hydroxylation is 1. The third-order valence-corrected chi connectivity index (χ3v) is 3.16. The first-order valence-corrected chi connectivity index (χ1v) is 7.99. The second-order valence-corrected chi connectivity index (χ2v) is 6.25. The van der Waals surface area contributed by atoms with Crippen molar-refractivity contribution in [3.63, 3.8) is 0 Å². The van der Waals surface area contributed by atoms with Crippen molar-refractivity contribution >= 4 is 12.0 Å². The van der Waals surface area contributed by atoms with Crippen LogP contribution in [0.2, 0.25) is 0 Å². The van der Waals surface area contributed by atoms with Gasteiger partial charge in [0.2, 0.25) is 0 Å². The molecule has 2 rings (SSSR count). The number of carbonyl (C=O) groups is 2. The standard InChI is InChI=1S/C15H22N2O3.C2H6/c1-11-9-12(13(18)16-7-5-6-8-16)17(10-11)14(19)20-15(2,3)4;1-2/h9-10H,5-8H2,1-4H3;1-2H3. The van der Waals surface area contributed by atoms with Gasteiger partial charge in [-0.2, -0.15) is 0 Å². The van der Waals surface area contributed by atoms with Gasteiger partial charge in [0, 0.05) is 19.3 Å². The summed E-state index contributed by atoms with van der Waals surface area (Å²) in [5, 5.41) is 0. The maximum absolute atomic E-state index is 12.4. The van der Waals surface area contributed by atoms with Crippen LogP contribution in [-0.4, -0.2) is 40.2 Å². The van der Waals surface area contributed by atoms with Crippen molar-refractivity contribution in [2.45, 2.75) is 60.0 Å². The van der Waals surface area contributed by atoms with Crippen LogP contribution in [0.25, 0.3) is 0 Å². The fraction of sp³-hybridized carbons (Fsp3) is 0.647. The van der Waals surface area contributed by atoms with Gasteiger partial charge in [0.15, 0.2) is 0 Å². The van der Waals surface area contributed by atoms with E-state index in [9.17, 15) is 9.59 Å². The molecule has 22 heavy (non-hydrogen) atoms. The van der Waals surface area contributed by atoms with Gasteiger partial charge in [-0.1, -0.05) is 13.8 Å². The molecule has 1 aromatic heterocycles. The van der Waals surface area contributed by atoms with Crippen LogP contribution < -0.4 is 0 Å². The van der Waals surface area contributed by atoms with Gasteiger partial charge in [-0.05, 0) is 52.2 Å². The van der Waals surface area contributed by atoms with E-state index in [1.807, 2.05) is 41.5 Å². The van der Waals surface area contributed by atoms with Crippen LogP contribution in [0.4, 0.5) is 4.79 Å². The van der Waals surface area contributed by atoms with E-state index in [1.54, 1.807) is 17.2 Å². The number of carbonyl (C=O) groups excluding carboxylic acids is 2. The maximum Gasteiger partial charge on any atom is 0.419 e. The smallest absolute Gasteiger partial charge is 0.419 e. The summed E-state index contributed by atoms with van der Waals surface area (Å²) in [7, 11) is 0. The molecule has 1 amide bonds. The summed E-state index contributed by atoms with van der Waals surface area (Å²) in [6.07, 6.45) is 3.20. The minimum atomic E-state index is -0.580. The number of ether oxygens (including phenoxy) is 1. The molecule has 0 spiro atoms. The van der Waals surface area contributed by atoms with E-state index in [0.29, 0.717) is 5.69 Å². The Morgan fingerprint density at radius 2 is 1.68 bits per heavy atom. The Kier molecular flexibility index (Phi) is 6.21. The van der Waals surface area contributed by atoms with E-state index in [4.69, 9.17) is 4.74 Å². The quantitative estimate of drug-likeness (QED) is 0.792. The number of rotatable bonds is 1. The molecule has 1 aliphatic rings. The van der Waals surface area contributed by atoms with Gasteiger partial charge >= 0.3 is 6.09 Å². The topological polar surface area (TPSA) is 51.5 Å². The largest absolute Gasteiger partial charge is 0.443 e. The molecule has 0 radical (unpaired) electrons. The number of hydrogen-bond acceptors (Lipinski definition) is 3. The second kappa shape index (κ2) is 7.47. The zero-order valence-corrected chi connectivity index (χ0v) is 14.6. The highest BCUT2D eigenvalue weighted by molar-refractivity contribution is 5.96. The van der Waals surface area contributed by atoms with Crippen LogP contribution in [0, 0.1) is 6.92 Å². The molecule has 0 aliphatic carbocycles. The normalized spacial score (nSPS) is 14.4. The number of amides is 1. The lowest BCUT2D eigenvalue weighted by atomic mass is 10.2. The summed E-state index contributed by atoms with van der Waals surface area (Å²) in [6.45, 7) is 12.8. The van der Waals surface area contributed by atoms with Crippen molar-refractivity contribution in [2.75, 3.05) is 13.1 Å².